The van der Waals surface area contributed by atoms with Gasteiger partial charge in [0.2, 0.25) is 0 Å². The fourth-order valence-corrected chi connectivity index (χ4v) is 5.98. The number of nitrogens with one attached hydrogen (secondary N) is 1. The van der Waals surface area contributed by atoms with Crippen molar-refractivity contribution in [1.82, 2.24) is 4.98 Å². The van der Waals surface area contributed by atoms with Crippen LogP contribution in [0.4, 0.5) is 5.69 Å². The summed E-state index contributed by atoms with van der Waals surface area (Å²) in [5.74, 6) is -0.0894. The molecule has 0 aliphatic heterocycles. The number of para-hydroxylation sites is 1. The van der Waals surface area contributed by atoms with E-state index in [-0.39, 0.29) is 5.91 Å². The Morgan fingerprint density at radius 2 is 1.81 bits per heavy atom. The summed E-state index contributed by atoms with van der Waals surface area (Å²) >= 11 is 1.81. The Labute approximate surface area is 187 Å². The van der Waals surface area contributed by atoms with E-state index in [0.717, 1.165) is 45.7 Å². The number of anilines is 1. The van der Waals surface area contributed by atoms with Gasteiger partial charge < -0.3 is 5.32 Å². The molecule has 2 heterocycles. The Morgan fingerprint density at radius 1 is 1.00 bits per heavy atom. The lowest BCUT2D eigenvalue weighted by atomic mass is 9.89. The minimum absolute atomic E-state index is 0.0894. The standard InChI is InChI=1S/C27H26N2OS/c1-16-9-8-11-19(15-16)24-23(26(30)29-21-13-6-4-10-17(21)2)18(3)28-27-25(24)20-12-5-7-14-22(20)31-27/h4,6,8-11,13,15H,5,7,12,14H2,1-3H3,(H,29,30). The number of aryl methyl sites for hydroxylation is 5. The zero-order valence-corrected chi connectivity index (χ0v) is 19.0. The Morgan fingerprint density at radius 3 is 2.61 bits per heavy atom. The van der Waals surface area contributed by atoms with E-state index < -0.39 is 0 Å². The third kappa shape index (κ3) is 3.55. The smallest absolute Gasteiger partial charge is 0.258 e. The van der Waals surface area contributed by atoms with Crippen molar-refractivity contribution >= 4 is 33.1 Å². The second-order valence-electron chi connectivity index (χ2n) is 8.48. The van der Waals surface area contributed by atoms with Gasteiger partial charge in [-0.15, -0.1) is 11.3 Å². The molecule has 156 valence electrons. The second-order valence-corrected chi connectivity index (χ2v) is 9.56. The molecule has 0 bridgehead atoms. The van der Waals surface area contributed by atoms with Gasteiger partial charge in [0.05, 0.1) is 11.3 Å². The minimum Gasteiger partial charge on any atom is -0.322 e. The molecular weight excluding hydrogens is 400 g/mol. The van der Waals surface area contributed by atoms with E-state index in [0.29, 0.717) is 5.56 Å². The zero-order chi connectivity index (χ0) is 21.5. The summed E-state index contributed by atoms with van der Waals surface area (Å²) in [7, 11) is 0. The average Bonchev–Trinajstić information content (AvgIpc) is 3.12. The average molecular weight is 427 g/mol. The molecular formula is C27H26N2OS. The minimum atomic E-state index is -0.0894. The predicted octanol–water partition coefficient (Wildman–Crippen LogP) is 7.02. The van der Waals surface area contributed by atoms with Crippen molar-refractivity contribution in [1.29, 1.82) is 0 Å². The molecule has 5 rings (SSSR count). The van der Waals surface area contributed by atoms with Gasteiger partial charge in [-0.1, -0.05) is 48.0 Å². The number of rotatable bonds is 3. The van der Waals surface area contributed by atoms with E-state index in [1.165, 1.54) is 34.2 Å². The van der Waals surface area contributed by atoms with Gasteiger partial charge in [0.1, 0.15) is 4.83 Å². The molecule has 0 unspecified atom stereocenters. The van der Waals surface area contributed by atoms with Crippen LogP contribution in [-0.2, 0) is 12.8 Å². The van der Waals surface area contributed by atoms with Gasteiger partial charge in [-0.05, 0) is 69.2 Å². The highest BCUT2D eigenvalue weighted by atomic mass is 32.1. The lowest BCUT2D eigenvalue weighted by Crippen LogP contribution is -2.16. The zero-order valence-electron chi connectivity index (χ0n) is 18.2. The maximum Gasteiger partial charge on any atom is 0.258 e. The van der Waals surface area contributed by atoms with Crippen LogP contribution in [0, 0.1) is 20.8 Å². The van der Waals surface area contributed by atoms with Crippen molar-refractivity contribution in [3.05, 3.63) is 81.4 Å². The molecule has 0 fully saturated rings. The van der Waals surface area contributed by atoms with Gasteiger partial charge in [0.25, 0.3) is 5.91 Å². The van der Waals surface area contributed by atoms with Crippen LogP contribution in [-0.4, -0.2) is 10.9 Å². The van der Waals surface area contributed by atoms with Crippen molar-refractivity contribution in [3.63, 3.8) is 0 Å². The Hall–Kier alpha value is -2.98. The van der Waals surface area contributed by atoms with Crippen LogP contribution in [0.25, 0.3) is 21.3 Å². The number of aromatic nitrogens is 1. The monoisotopic (exact) mass is 426 g/mol. The van der Waals surface area contributed by atoms with Crippen LogP contribution in [0.5, 0.6) is 0 Å². The van der Waals surface area contributed by atoms with Crippen LogP contribution in [0.1, 0.15) is 50.5 Å². The number of amides is 1. The Kier molecular flexibility index (Phi) is 5.11. The summed E-state index contributed by atoms with van der Waals surface area (Å²) in [5, 5.41) is 4.34. The Balaban J connectivity index is 1.77. The third-order valence-corrected chi connectivity index (χ3v) is 7.40. The summed E-state index contributed by atoms with van der Waals surface area (Å²) < 4.78 is 0. The highest BCUT2D eigenvalue weighted by Crippen LogP contribution is 2.43. The van der Waals surface area contributed by atoms with Gasteiger partial charge in [-0.2, -0.15) is 0 Å². The topological polar surface area (TPSA) is 42.0 Å². The van der Waals surface area contributed by atoms with E-state index >= 15 is 0 Å². The molecule has 31 heavy (non-hydrogen) atoms. The van der Waals surface area contributed by atoms with E-state index in [2.05, 4.69) is 36.5 Å². The number of carbonyl (C=O) groups is 1. The SMILES string of the molecule is Cc1cccc(-c2c(C(=O)Nc3ccccc3C)c(C)nc3sc4c(c23)CCCC4)c1. The molecule has 0 atom stereocenters. The third-order valence-electron chi connectivity index (χ3n) is 6.21. The molecule has 1 amide bonds. The van der Waals surface area contributed by atoms with E-state index in [1.54, 1.807) is 0 Å². The highest BCUT2D eigenvalue weighted by molar-refractivity contribution is 7.19. The maximum atomic E-state index is 13.7. The molecule has 0 radical (unpaired) electrons. The summed E-state index contributed by atoms with van der Waals surface area (Å²) in [6, 6.07) is 16.4. The quantitative estimate of drug-likeness (QED) is 0.382. The molecule has 4 heteroatoms. The number of benzene rings is 2. The molecule has 4 aromatic rings. The number of thiophene rings is 1. The van der Waals surface area contributed by atoms with E-state index in [1.807, 2.05) is 49.4 Å². The largest absolute Gasteiger partial charge is 0.322 e. The molecule has 1 N–H and O–H groups in total. The number of fused-ring (bicyclic) bond motifs is 3. The van der Waals surface area contributed by atoms with Crippen LogP contribution in [0.15, 0.2) is 48.5 Å². The number of nitrogens with zero attached hydrogens (tertiary/aromatic N) is 1. The van der Waals surface area contributed by atoms with Crippen LogP contribution in [0.2, 0.25) is 0 Å². The van der Waals surface area contributed by atoms with Gasteiger partial charge >= 0.3 is 0 Å². The lowest BCUT2D eigenvalue weighted by molar-refractivity contribution is 0.102. The molecule has 1 aliphatic rings. The number of pyridine rings is 1. The first kappa shape index (κ1) is 20.0. The summed E-state index contributed by atoms with van der Waals surface area (Å²) in [5.41, 5.74) is 8.09. The molecule has 1 aliphatic carbocycles. The van der Waals surface area contributed by atoms with Crippen LogP contribution in [0.3, 0.4) is 0 Å². The van der Waals surface area contributed by atoms with Crippen molar-refractivity contribution in [2.45, 2.75) is 46.5 Å². The fourth-order valence-electron chi connectivity index (χ4n) is 4.67. The summed E-state index contributed by atoms with van der Waals surface area (Å²) in [6.07, 6.45) is 4.62. The summed E-state index contributed by atoms with van der Waals surface area (Å²) in [6.45, 7) is 6.08. The highest BCUT2D eigenvalue weighted by Gasteiger charge is 2.26. The van der Waals surface area contributed by atoms with Crippen LogP contribution < -0.4 is 5.32 Å². The molecule has 0 saturated heterocycles. The second kappa shape index (κ2) is 7.93. The first-order chi connectivity index (χ1) is 15.0. The van der Waals surface area contributed by atoms with Crippen molar-refractivity contribution in [2.24, 2.45) is 0 Å². The van der Waals surface area contributed by atoms with E-state index in [4.69, 9.17) is 4.98 Å². The molecule has 2 aromatic heterocycles. The van der Waals surface area contributed by atoms with Crippen molar-refractivity contribution in [3.8, 4) is 11.1 Å². The fraction of sp³-hybridized carbons (Fsp3) is 0.259. The summed E-state index contributed by atoms with van der Waals surface area (Å²) in [4.78, 5) is 21.1. The normalized spacial score (nSPS) is 13.3. The van der Waals surface area contributed by atoms with Crippen molar-refractivity contribution < 1.29 is 4.79 Å². The van der Waals surface area contributed by atoms with Crippen molar-refractivity contribution in [2.75, 3.05) is 5.32 Å². The first-order valence-corrected chi connectivity index (χ1v) is 11.7. The van der Waals surface area contributed by atoms with Gasteiger partial charge in [-0.3, -0.25) is 4.79 Å². The van der Waals surface area contributed by atoms with Gasteiger partial charge in [0, 0.05) is 21.5 Å². The lowest BCUT2D eigenvalue weighted by Gasteiger charge is -2.17. The van der Waals surface area contributed by atoms with Crippen LogP contribution >= 0.6 is 11.3 Å². The number of carbonyl (C=O) groups excluding carboxylic acids is 1. The molecule has 2 aromatic carbocycles. The number of hydrogen-bond acceptors (Lipinski definition) is 3. The number of hydrogen-bond donors (Lipinski definition) is 1. The molecule has 0 spiro atoms. The Bertz CT molecular complexity index is 1320. The molecule has 3 nitrogen and oxygen atoms in total. The van der Waals surface area contributed by atoms with Gasteiger partial charge in [0.15, 0.2) is 0 Å². The van der Waals surface area contributed by atoms with E-state index in [9.17, 15) is 4.79 Å². The molecule has 0 saturated carbocycles. The predicted molar refractivity (Wildman–Crippen MR) is 130 cm³/mol. The van der Waals surface area contributed by atoms with Gasteiger partial charge in [-0.25, -0.2) is 4.98 Å². The maximum absolute atomic E-state index is 13.7. The first-order valence-electron chi connectivity index (χ1n) is 10.9.